The number of carbonyl (C=O) groups excluding carboxylic acids is 1. The number of nitrogens with zero attached hydrogens (tertiary/aromatic N) is 4. The highest BCUT2D eigenvalue weighted by Crippen LogP contribution is 2.17. The molecular formula is C17H32N6O. The Morgan fingerprint density at radius 1 is 1.04 bits per heavy atom. The van der Waals surface area contributed by atoms with Gasteiger partial charge in [0.1, 0.15) is 0 Å². The summed E-state index contributed by atoms with van der Waals surface area (Å²) in [4.78, 5) is 19.3. The van der Waals surface area contributed by atoms with Crippen LogP contribution in [0.5, 0.6) is 0 Å². The van der Waals surface area contributed by atoms with Gasteiger partial charge in [0.15, 0.2) is 5.69 Å². The second-order valence-corrected chi connectivity index (χ2v) is 7.06. The minimum absolute atomic E-state index is 0.0636. The molecule has 2 N–H and O–H groups in total. The molecule has 24 heavy (non-hydrogen) atoms. The average Bonchev–Trinajstić information content (AvgIpc) is 2.96. The van der Waals surface area contributed by atoms with E-state index in [4.69, 9.17) is 0 Å². The van der Waals surface area contributed by atoms with E-state index < -0.39 is 0 Å². The maximum Gasteiger partial charge on any atom is 0.274 e. The van der Waals surface area contributed by atoms with Crippen LogP contribution in [0.15, 0.2) is 0 Å². The van der Waals surface area contributed by atoms with Crippen LogP contribution in [0.3, 0.4) is 0 Å². The molecule has 1 aromatic rings. The quantitative estimate of drug-likeness (QED) is 0.683. The van der Waals surface area contributed by atoms with Gasteiger partial charge in [0.05, 0.1) is 0 Å². The third-order valence-corrected chi connectivity index (χ3v) is 4.36. The Kier molecular flexibility index (Phi) is 7.20. The molecule has 0 aromatic carbocycles. The molecule has 0 saturated heterocycles. The molecule has 0 atom stereocenters. The molecule has 0 aliphatic carbocycles. The zero-order valence-corrected chi connectivity index (χ0v) is 15.6. The number of fused-ring (bicyclic) bond motifs is 1. The van der Waals surface area contributed by atoms with Gasteiger partial charge in [-0.05, 0) is 54.1 Å². The largest absolute Gasteiger partial charge is 0.337 e. The third-order valence-electron chi connectivity index (χ3n) is 4.36. The molecule has 1 aliphatic heterocycles. The van der Waals surface area contributed by atoms with Crippen LogP contribution in [0, 0.1) is 0 Å². The van der Waals surface area contributed by atoms with Crippen molar-refractivity contribution in [3.8, 4) is 0 Å². The lowest BCUT2D eigenvalue weighted by atomic mass is 10.1. The standard InChI is InChI=1S/C17H32N6O/c1-21(2)9-5-11-23(12-6-10-22(3)4)17(24)16-14-13-18-8-7-15(14)19-20-16/h18H,5-13H2,1-4H3,(H,19,20). The summed E-state index contributed by atoms with van der Waals surface area (Å²) in [7, 11) is 8.25. The minimum Gasteiger partial charge on any atom is -0.337 e. The molecule has 136 valence electrons. The van der Waals surface area contributed by atoms with Crippen molar-refractivity contribution in [3.05, 3.63) is 17.0 Å². The van der Waals surface area contributed by atoms with Crippen LogP contribution in [0.1, 0.15) is 34.6 Å². The molecule has 1 amide bonds. The summed E-state index contributed by atoms with van der Waals surface area (Å²) >= 11 is 0. The Bertz CT molecular complexity index is 511. The van der Waals surface area contributed by atoms with Gasteiger partial charge in [0, 0.05) is 43.9 Å². The third kappa shape index (κ3) is 5.29. The lowest BCUT2D eigenvalue weighted by molar-refractivity contribution is 0.0737. The fourth-order valence-corrected chi connectivity index (χ4v) is 3.02. The highest BCUT2D eigenvalue weighted by atomic mass is 16.2. The average molecular weight is 336 g/mol. The molecule has 1 aromatic heterocycles. The summed E-state index contributed by atoms with van der Waals surface area (Å²) in [5.41, 5.74) is 2.77. The maximum absolute atomic E-state index is 13.0. The van der Waals surface area contributed by atoms with Crippen LogP contribution >= 0.6 is 0 Å². The SMILES string of the molecule is CN(C)CCCN(CCCN(C)C)C(=O)c1n[nH]c2c1CNCC2. The van der Waals surface area contributed by atoms with E-state index in [0.717, 1.165) is 69.8 Å². The summed E-state index contributed by atoms with van der Waals surface area (Å²) in [5, 5.41) is 10.7. The number of carbonyl (C=O) groups is 1. The lowest BCUT2D eigenvalue weighted by Gasteiger charge is -2.24. The summed E-state index contributed by atoms with van der Waals surface area (Å²) in [6.07, 6.45) is 2.87. The monoisotopic (exact) mass is 336 g/mol. The topological polar surface area (TPSA) is 67.5 Å². The Morgan fingerprint density at radius 2 is 1.67 bits per heavy atom. The molecule has 0 fully saturated rings. The van der Waals surface area contributed by atoms with Gasteiger partial charge >= 0.3 is 0 Å². The van der Waals surface area contributed by atoms with E-state index in [2.05, 4.69) is 53.5 Å². The van der Waals surface area contributed by atoms with Crippen molar-refractivity contribution in [1.82, 2.24) is 30.2 Å². The first kappa shape index (κ1) is 18.9. The summed E-state index contributed by atoms with van der Waals surface area (Å²) in [6.45, 7) is 5.20. The van der Waals surface area contributed by atoms with E-state index >= 15 is 0 Å². The Labute approximate surface area is 145 Å². The zero-order valence-electron chi connectivity index (χ0n) is 15.6. The van der Waals surface area contributed by atoms with E-state index in [0.29, 0.717) is 5.69 Å². The predicted octanol–water partition coefficient (Wildman–Crippen LogP) is 0.401. The first-order valence-electron chi connectivity index (χ1n) is 8.84. The van der Waals surface area contributed by atoms with Crippen molar-refractivity contribution in [2.75, 3.05) is 60.9 Å². The van der Waals surface area contributed by atoms with Gasteiger partial charge in [0.2, 0.25) is 0 Å². The fraction of sp³-hybridized carbons (Fsp3) is 0.765. The molecule has 1 aliphatic rings. The van der Waals surface area contributed by atoms with E-state index in [9.17, 15) is 4.79 Å². The number of hydrogen-bond acceptors (Lipinski definition) is 5. The van der Waals surface area contributed by atoms with Gasteiger partial charge in [-0.2, -0.15) is 5.10 Å². The predicted molar refractivity (Wildman–Crippen MR) is 96.2 cm³/mol. The molecule has 0 bridgehead atoms. The molecular weight excluding hydrogens is 304 g/mol. The second kappa shape index (κ2) is 9.15. The van der Waals surface area contributed by atoms with Crippen LogP contribution in [0.2, 0.25) is 0 Å². The van der Waals surface area contributed by atoms with E-state index in [1.165, 1.54) is 0 Å². The number of rotatable bonds is 9. The minimum atomic E-state index is 0.0636. The van der Waals surface area contributed by atoms with E-state index in [1.807, 2.05) is 4.90 Å². The first-order valence-corrected chi connectivity index (χ1v) is 8.84. The van der Waals surface area contributed by atoms with Crippen LogP contribution in [0.25, 0.3) is 0 Å². The molecule has 2 rings (SSSR count). The van der Waals surface area contributed by atoms with Crippen molar-refractivity contribution < 1.29 is 4.79 Å². The van der Waals surface area contributed by atoms with Crippen molar-refractivity contribution >= 4 is 5.91 Å². The van der Waals surface area contributed by atoms with Crippen molar-refractivity contribution in [1.29, 1.82) is 0 Å². The van der Waals surface area contributed by atoms with E-state index in [1.54, 1.807) is 0 Å². The number of H-pyrrole nitrogens is 1. The van der Waals surface area contributed by atoms with Gasteiger partial charge < -0.3 is 20.0 Å². The number of aromatic nitrogens is 2. The normalized spacial score (nSPS) is 14.2. The van der Waals surface area contributed by atoms with Crippen LogP contribution < -0.4 is 5.32 Å². The van der Waals surface area contributed by atoms with Crippen molar-refractivity contribution in [2.24, 2.45) is 0 Å². The maximum atomic E-state index is 13.0. The van der Waals surface area contributed by atoms with Crippen LogP contribution in [0.4, 0.5) is 0 Å². The summed E-state index contributed by atoms with van der Waals surface area (Å²) in [5.74, 6) is 0.0636. The molecule has 7 heteroatoms. The zero-order chi connectivity index (χ0) is 17.5. The number of hydrogen-bond donors (Lipinski definition) is 2. The summed E-state index contributed by atoms with van der Waals surface area (Å²) < 4.78 is 0. The molecule has 0 spiro atoms. The first-order chi connectivity index (χ1) is 11.5. The molecule has 0 radical (unpaired) electrons. The summed E-state index contributed by atoms with van der Waals surface area (Å²) in [6, 6.07) is 0. The smallest absolute Gasteiger partial charge is 0.274 e. The van der Waals surface area contributed by atoms with E-state index in [-0.39, 0.29) is 5.91 Å². The van der Waals surface area contributed by atoms with Crippen molar-refractivity contribution in [2.45, 2.75) is 25.8 Å². The van der Waals surface area contributed by atoms with Gasteiger partial charge in [0.25, 0.3) is 5.91 Å². The molecule has 0 unspecified atom stereocenters. The lowest BCUT2D eigenvalue weighted by Crippen LogP contribution is -2.36. The number of nitrogens with one attached hydrogen (secondary N) is 2. The molecule has 7 nitrogen and oxygen atoms in total. The Hall–Kier alpha value is -1.44. The van der Waals surface area contributed by atoms with Gasteiger partial charge in [-0.25, -0.2) is 0 Å². The van der Waals surface area contributed by atoms with Crippen LogP contribution in [-0.2, 0) is 13.0 Å². The van der Waals surface area contributed by atoms with Gasteiger partial charge in [-0.1, -0.05) is 0 Å². The highest BCUT2D eigenvalue weighted by molar-refractivity contribution is 5.94. The number of aromatic amines is 1. The molecule has 2 heterocycles. The fourth-order valence-electron chi connectivity index (χ4n) is 3.02. The second-order valence-electron chi connectivity index (χ2n) is 7.06. The van der Waals surface area contributed by atoms with Gasteiger partial charge in [-0.3, -0.25) is 9.89 Å². The van der Waals surface area contributed by atoms with Gasteiger partial charge in [-0.15, -0.1) is 0 Å². The van der Waals surface area contributed by atoms with Crippen molar-refractivity contribution in [3.63, 3.8) is 0 Å². The Morgan fingerprint density at radius 3 is 2.25 bits per heavy atom. The van der Waals surface area contributed by atoms with Crippen LogP contribution in [-0.4, -0.2) is 91.7 Å². The number of amides is 1. The highest BCUT2D eigenvalue weighted by Gasteiger charge is 2.25. The molecule has 0 saturated carbocycles. The Balaban J connectivity index is 2.03.